The molecule has 0 unspecified atom stereocenters. The highest BCUT2D eigenvalue weighted by atomic mass is 79.9. The van der Waals surface area contributed by atoms with E-state index >= 15 is 0 Å². The average Bonchev–Trinajstić information content (AvgIpc) is 3.43. The molecule has 0 spiro atoms. The minimum Gasteiger partial charge on any atom is -1.00 e. The molecule has 8 nitrogen and oxygen atoms in total. The quantitative estimate of drug-likeness (QED) is 0.123. The highest BCUT2D eigenvalue weighted by Crippen LogP contribution is 2.23. The number of hydrogen-bond acceptors (Lipinski definition) is 4. The normalized spacial score (nSPS) is 13.4. The van der Waals surface area contributed by atoms with Gasteiger partial charge in [-0.2, -0.15) is 0 Å². The second-order valence-corrected chi connectivity index (χ2v) is 11.1. The number of carbonyl (C=O) groups is 4. The fourth-order valence-corrected chi connectivity index (χ4v) is 5.81. The van der Waals surface area contributed by atoms with E-state index in [0.717, 1.165) is 32.4 Å². The lowest BCUT2D eigenvalue weighted by molar-refractivity contribution is -0.697. The molecule has 2 aliphatic rings. The Bertz CT molecular complexity index is 1500. The first-order chi connectivity index (χ1) is 21.0. The number of rotatable bonds is 12. The summed E-state index contributed by atoms with van der Waals surface area (Å²) in [7, 11) is 0. The van der Waals surface area contributed by atoms with Gasteiger partial charge >= 0.3 is 0 Å². The van der Waals surface area contributed by atoms with Crippen LogP contribution in [0.3, 0.4) is 0 Å². The topological polar surface area (TPSA) is 82.5 Å². The van der Waals surface area contributed by atoms with E-state index in [0.29, 0.717) is 48.2 Å². The summed E-state index contributed by atoms with van der Waals surface area (Å²) in [6, 6.07) is 22.5. The monoisotopic (exact) mass is 732 g/mol. The average molecular weight is 734 g/mol. The number of fused-ring (bicyclic) bond motifs is 2. The van der Waals surface area contributed by atoms with Gasteiger partial charge in [-0.05, 0) is 54.7 Å². The zero-order valence-electron chi connectivity index (χ0n) is 24.8. The Kier molecular flexibility index (Phi) is 11.5. The summed E-state index contributed by atoms with van der Waals surface area (Å²) in [6.07, 6.45) is 12.6. The van der Waals surface area contributed by atoms with Crippen LogP contribution in [0.4, 0.5) is 0 Å². The number of nitrogens with zero attached hydrogens (tertiary/aromatic N) is 4. The summed E-state index contributed by atoms with van der Waals surface area (Å²) in [4.78, 5) is 52.8. The van der Waals surface area contributed by atoms with Crippen LogP contribution in [0.15, 0.2) is 97.6 Å². The molecule has 4 heterocycles. The van der Waals surface area contributed by atoms with Gasteiger partial charge in [0.2, 0.25) is 0 Å². The first-order valence-corrected chi connectivity index (χ1v) is 14.9. The molecule has 4 amide bonds. The fourth-order valence-electron chi connectivity index (χ4n) is 5.81. The highest BCUT2D eigenvalue weighted by molar-refractivity contribution is 6.22. The van der Waals surface area contributed by atoms with Crippen molar-refractivity contribution in [2.45, 2.75) is 45.2 Å². The maximum absolute atomic E-state index is 12.5. The number of benzene rings is 2. The number of halogens is 2. The van der Waals surface area contributed by atoms with Gasteiger partial charge < -0.3 is 34.0 Å². The van der Waals surface area contributed by atoms with E-state index in [-0.39, 0.29) is 57.6 Å². The Hall–Kier alpha value is -4.02. The maximum atomic E-state index is 12.5. The van der Waals surface area contributed by atoms with E-state index in [1.807, 2.05) is 0 Å². The van der Waals surface area contributed by atoms with Gasteiger partial charge in [-0.15, -0.1) is 0 Å². The van der Waals surface area contributed by atoms with Crippen LogP contribution in [-0.4, -0.2) is 46.5 Å². The molecule has 4 aromatic rings. The van der Waals surface area contributed by atoms with Crippen LogP contribution in [-0.2, 0) is 25.9 Å². The number of pyridine rings is 2. The molecule has 0 saturated heterocycles. The molecule has 2 aliphatic heterocycles. The maximum Gasteiger partial charge on any atom is 0.261 e. The molecule has 45 heavy (non-hydrogen) atoms. The lowest BCUT2D eigenvalue weighted by atomic mass is 10.1. The number of imide groups is 2. The zero-order chi connectivity index (χ0) is 29.8. The van der Waals surface area contributed by atoms with E-state index in [9.17, 15) is 19.2 Å². The van der Waals surface area contributed by atoms with Gasteiger partial charge in [-0.25, -0.2) is 9.13 Å². The molecule has 10 heteroatoms. The van der Waals surface area contributed by atoms with Crippen molar-refractivity contribution in [3.63, 3.8) is 0 Å². The SMILES string of the molecule is O=C1c2ccccc2C(=O)N1CCC[n+]1ccc(CCCc2cc[n+](CCCN3C(=O)c4ccccc4C3=O)cc2)cc1.[Br-].[Br-]. The summed E-state index contributed by atoms with van der Waals surface area (Å²) in [5, 5.41) is 0. The van der Waals surface area contributed by atoms with Crippen molar-refractivity contribution >= 4 is 23.6 Å². The lowest BCUT2D eigenvalue weighted by Gasteiger charge is -2.12. The fraction of sp³-hybridized carbons (Fsp3) is 0.257. The molecule has 2 aromatic heterocycles. The van der Waals surface area contributed by atoms with Crippen LogP contribution < -0.4 is 43.1 Å². The van der Waals surface area contributed by atoms with Gasteiger partial charge in [0.25, 0.3) is 23.6 Å². The molecular weight excluding hydrogens is 700 g/mol. The van der Waals surface area contributed by atoms with Gasteiger partial charge in [-0.3, -0.25) is 29.0 Å². The molecule has 0 saturated carbocycles. The number of carbonyl (C=O) groups excluding carboxylic acids is 4. The van der Waals surface area contributed by atoms with Gasteiger partial charge in [0, 0.05) is 50.2 Å². The summed E-state index contributed by atoms with van der Waals surface area (Å²) in [5.41, 5.74) is 4.53. The minimum atomic E-state index is -0.200. The third kappa shape index (κ3) is 7.45. The van der Waals surface area contributed by atoms with Crippen LogP contribution in [0, 0.1) is 0 Å². The third-order valence-electron chi connectivity index (χ3n) is 8.20. The molecule has 232 valence electrons. The van der Waals surface area contributed by atoms with Crippen molar-refractivity contribution in [3.05, 3.63) is 131 Å². The number of aromatic nitrogens is 2. The first kappa shape index (κ1) is 33.9. The smallest absolute Gasteiger partial charge is 0.261 e. The number of hydrogen-bond donors (Lipinski definition) is 0. The summed E-state index contributed by atoms with van der Waals surface area (Å²) in [6.45, 7) is 2.28. The van der Waals surface area contributed by atoms with Crippen molar-refractivity contribution < 1.29 is 62.3 Å². The minimum absolute atomic E-state index is 0. The van der Waals surface area contributed by atoms with E-state index in [1.54, 1.807) is 48.5 Å². The van der Waals surface area contributed by atoms with Crippen molar-refractivity contribution in [2.24, 2.45) is 0 Å². The standard InChI is InChI=1S/C35H34N4O4.2BrH/c40-32-28-10-1-2-11-29(28)33(41)38(32)20-6-18-36-22-14-26(15-23-36)8-5-9-27-16-24-37(25-17-27)19-7-21-39-34(42)30-12-3-4-13-31(30)35(39)43;;/h1-4,10-17,22-25H,5-9,18-21H2;2*1H/q+2;;/p-2. The van der Waals surface area contributed by atoms with Crippen LogP contribution >= 0.6 is 0 Å². The number of aryl methyl sites for hydroxylation is 4. The van der Waals surface area contributed by atoms with Gasteiger partial charge in [0.15, 0.2) is 24.8 Å². The summed E-state index contributed by atoms with van der Waals surface area (Å²) >= 11 is 0. The summed E-state index contributed by atoms with van der Waals surface area (Å²) < 4.78 is 4.18. The molecule has 0 N–H and O–H groups in total. The van der Waals surface area contributed by atoms with Crippen molar-refractivity contribution in [1.29, 1.82) is 0 Å². The largest absolute Gasteiger partial charge is 1.00 e. The van der Waals surface area contributed by atoms with Gasteiger partial charge in [-0.1, -0.05) is 24.3 Å². The molecular formula is C35H34Br2N4O4. The Balaban J connectivity index is 0.00000230. The van der Waals surface area contributed by atoms with Crippen LogP contribution in [0.2, 0.25) is 0 Å². The predicted molar refractivity (Wildman–Crippen MR) is 158 cm³/mol. The Morgan fingerprint density at radius 3 is 1.07 bits per heavy atom. The molecule has 0 radical (unpaired) electrons. The van der Waals surface area contributed by atoms with E-state index in [1.165, 1.54) is 20.9 Å². The van der Waals surface area contributed by atoms with Crippen molar-refractivity contribution in [3.8, 4) is 0 Å². The van der Waals surface area contributed by atoms with E-state index < -0.39 is 0 Å². The molecule has 2 aromatic carbocycles. The molecule has 0 fully saturated rings. The van der Waals surface area contributed by atoms with Crippen molar-refractivity contribution in [1.82, 2.24) is 9.80 Å². The predicted octanol–water partition coefficient (Wildman–Crippen LogP) is -2.18. The van der Waals surface area contributed by atoms with Crippen LogP contribution in [0.25, 0.3) is 0 Å². The van der Waals surface area contributed by atoms with Gasteiger partial charge in [0.05, 0.1) is 22.3 Å². The molecule has 0 aliphatic carbocycles. The van der Waals surface area contributed by atoms with E-state index in [2.05, 4.69) is 58.2 Å². The first-order valence-electron chi connectivity index (χ1n) is 14.9. The molecule has 6 rings (SSSR count). The van der Waals surface area contributed by atoms with Crippen molar-refractivity contribution in [2.75, 3.05) is 13.1 Å². The Labute approximate surface area is 283 Å². The third-order valence-corrected chi connectivity index (χ3v) is 8.20. The van der Waals surface area contributed by atoms with Crippen LogP contribution in [0.1, 0.15) is 71.8 Å². The highest BCUT2D eigenvalue weighted by Gasteiger charge is 2.35. The van der Waals surface area contributed by atoms with E-state index in [4.69, 9.17) is 0 Å². The zero-order valence-corrected chi connectivity index (χ0v) is 28.0. The number of amides is 4. The molecule has 0 atom stereocenters. The Morgan fingerprint density at radius 2 is 0.756 bits per heavy atom. The van der Waals surface area contributed by atoms with Crippen LogP contribution in [0.5, 0.6) is 0 Å². The second-order valence-electron chi connectivity index (χ2n) is 11.1. The summed E-state index contributed by atoms with van der Waals surface area (Å²) in [5.74, 6) is -0.801. The Morgan fingerprint density at radius 1 is 0.444 bits per heavy atom. The second kappa shape index (κ2) is 15.3. The lowest BCUT2D eigenvalue weighted by Crippen LogP contribution is -3.00. The van der Waals surface area contributed by atoms with Gasteiger partial charge in [0.1, 0.15) is 13.1 Å². The molecule has 0 bridgehead atoms.